The molecular weight excluding hydrogens is 304 g/mol. The van der Waals surface area contributed by atoms with E-state index in [1.165, 1.54) is 0 Å². The Balaban J connectivity index is 2.78. The van der Waals surface area contributed by atoms with Crippen molar-refractivity contribution in [2.24, 2.45) is 0 Å². The molecule has 0 heterocycles. The zero-order chi connectivity index (χ0) is 17.6. The molecule has 1 rings (SSSR count). The molecule has 5 N–H and O–H groups in total. The van der Waals surface area contributed by atoms with E-state index < -0.39 is 36.9 Å². The Kier molecular flexibility index (Phi) is 7.11. The van der Waals surface area contributed by atoms with Crippen LogP contribution in [0.25, 0.3) is 0 Å². The molecule has 0 bridgehead atoms. The van der Waals surface area contributed by atoms with Gasteiger partial charge in [-0.25, -0.2) is 0 Å². The first-order chi connectivity index (χ1) is 10.8. The Labute approximate surface area is 134 Å². The van der Waals surface area contributed by atoms with Gasteiger partial charge < -0.3 is 35.4 Å². The van der Waals surface area contributed by atoms with Gasteiger partial charge in [0.15, 0.2) is 0 Å². The quantitative estimate of drug-likeness (QED) is 0.354. The van der Waals surface area contributed by atoms with E-state index in [0.717, 1.165) is 5.69 Å². The highest BCUT2D eigenvalue weighted by molar-refractivity contribution is 5.96. The van der Waals surface area contributed by atoms with Gasteiger partial charge in [0.05, 0.1) is 6.61 Å². The molecule has 8 heteroatoms. The van der Waals surface area contributed by atoms with Crippen LogP contribution in [0.15, 0.2) is 24.3 Å². The van der Waals surface area contributed by atoms with Crippen LogP contribution in [-0.2, 0) is 4.79 Å². The van der Waals surface area contributed by atoms with Gasteiger partial charge in [0, 0.05) is 25.3 Å². The van der Waals surface area contributed by atoms with E-state index in [9.17, 15) is 24.9 Å². The van der Waals surface area contributed by atoms with Crippen molar-refractivity contribution in [2.45, 2.75) is 24.4 Å². The molecule has 1 aromatic carbocycles. The first-order valence-electron chi connectivity index (χ1n) is 7.00. The van der Waals surface area contributed by atoms with E-state index >= 15 is 0 Å². The maximum atomic E-state index is 12.1. The van der Waals surface area contributed by atoms with E-state index in [1.807, 2.05) is 19.0 Å². The SMILES string of the molecule is CN(C)c1ccc(C(=O)N[C@@H](C=O)[C@@H](O)[C@@H](O)[C@H](O)CO)cc1. The van der Waals surface area contributed by atoms with Gasteiger partial charge in [-0.2, -0.15) is 0 Å². The predicted octanol–water partition coefficient (Wildman–Crippen LogP) is -1.88. The number of aliphatic hydroxyl groups excluding tert-OH is 4. The van der Waals surface area contributed by atoms with Crippen molar-refractivity contribution < 1.29 is 30.0 Å². The lowest BCUT2D eigenvalue weighted by Crippen LogP contribution is -2.53. The van der Waals surface area contributed by atoms with Crippen LogP contribution >= 0.6 is 0 Å². The van der Waals surface area contributed by atoms with Crippen LogP contribution in [0.4, 0.5) is 5.69 Å². The molecule has 8 nitrogen and oxygen atoms in total. The van der Waals surface area contributed by atoms with Gasteiger partial charge in [-0.3, -0.25) is 4.79 Å². The third-order valence-corrected chi connectivity index (χ3v) is 3.39. The molecule has 4 atom stereocenters. The lowest BCUT2D eigenvalue weighted by atomic mass is 10.0. The molecule has 1 amide bonds. The van der Waals surface area contributed by atoms with Crippen LogP contribution in [0, 0.1) is 0 Å². The molecule has 0 aliphatic carbocycles. The topological polar surface area (TPSA) is 130 Å². The second kappa shape index (κ2) is 8.59. The molecule has 0 unspecified atom stereocenters. The Hall–Kier alpha value is -2.00. The standard InChI is InChI=1S/C15H22N2O6/c1-17(2)10-5-3-9(4-6-10)15(23)16-11(7-18)13(21)14(22)12(20)8-19/h3-7,11-14,19-22H,8H2,1-2H3,(H,16,23)/t11-,12+,13+,14-/m0/s1. The van der Waals surface area contributed by atoms with E-state index in [-0.39, 0.29) is 11.8 Å². The normalized spacial score (nSPS) is 16.1. The molecule has 0 aliphatic rings. The molecule has 1 aromatic rings. The van der Waals surface area contributed by atoms with Gasteiger partial charge in [0.25, 0.3) is 5.91 Å². The van der Waals surface area contributed by atoms with Crippen molar-refractivity contribution in [3.8, 4) is 0 Å². The summed E-state index contributed by atoms with van der Waals surface area (Å²) in [5, 5.41) is 39.7. The van der Waals surface area contributed by atoms with Crippen LogP contribution in [-0.4, -0.2) is 77.7 Å². The number of aliphatic hydroxyl groups is 4. The smallest absolute Gasteiger partial charge is 0.251 e. The number of carbonyl (C=O) groups excluding carboxylic acids is 2. The Morgan fingerprint density at radius 1 is 1.17 bits per heavy atom. The molecule has 0 aromatic heterocycles. The Bertz CT molecular complexity index is 519. The lowest BCUT2D eigenvalue weighted by Gasteiger charge is -2.26. The summed E-state index contributed by atoms with van der Waals surface area (Å²) in [6.07, 6.45) is -4.89. The third kappa shape index (κ3) is 5.00. The lowest BCUT2D eigenvalue weighted by molar-refractivity contribution is -0.119. The number of benzene rings is 1. The fourth-order valence-electron chi connectivity index (χ4n) is 1.89. The highest BCUT2D eigenvalue weighted by Gasteiger charge is 2.32. The highest BCUT2D eigenvalue weighted by atomic mass is 16.4. The van der Waals surface area contributed by atoms with Crippen molar-refractivity contribution >= 4 is 17.9 Å². The first-order valence-corrected chi connectivity index (χ1v) is 7.00. The zero-order valence-electron chi connectivity index (χ0n) is 13.0. The number of hydrogen-bond donors (Lipinski definition) is 5. The molecule has 0 saturated carbocycles. The molecule has 23 heavy (non-hydrogen) atoms. The van der Waals surface area contributed by atoms with Crippen molar-refractivity contribution in [1.82, 2.24) is 5.32 Å². The Morgan fingerprint density at radius 2 is 1.74 bits per heavy atom. The summed E-state index contributed by atoms with van der Waals surface area (Å²) in [4.78, 5) is 25.0. The fraction of sp³-hybridized carbons (Fsp3) is 0.467. The predicted molar refractivity (Wildman–Crippen MR) is 83.2 cm³/mol. The minimum absolute atomic E-state index is 0.254. The largest absolute Gasteiger partial charge is 0.394 e. The van der Waals surface area contributed by atoms with E-state index in [4.69, 9.17) is 5.11 Å². The Morgan fingerprint density at radius 3 is 2.17 bits per heavy atom. The number of carbonyl (C=O) groups is 2. The van der Waals surface area contributed by atoms with Crippen LogP contribution in [0.5, 0.6) is 0 Å². The molecule has 128 valence electrons. The summed E-state index contributed by atoms with van der Waals surface area (Å²) in [6.45, 7) is -0.788. The van der Waals surface area contributed by atoms with Crippen LogP contribution < -0.4 is 10.2 Å². The monoisotopic (exact) mass is 326 g/mol. The average molecular weight is 326 g/mol. The minimum Gasteiger partial charge on any atom is -0.394 e. The number of aldehydes is 1. The van der Waals surface area contributed by atoms with Crippen molar-refractivity contribution in [3.05, 3.63) is 29.8 Å². The van der Waals surface area contributed by atoms with Gasteiger partial charge >= 0.3 is 0 Å². The van der Waals surface area contributed by atoms with Gasteiger partial charge in [-0.05, 0) is 24.3 Å². The third-order valence-electron chi connectivity index (χ3n) is 3.39. The number of nitrogens with zero attached hydrogens (tertiary/aromatic N) is 1. The van der Waals surface area contributed by atoms with Crippen molar-refractivity contribution in [3.63, 3.8) is 0 Å². The van der Waals surface area contributed by atoms with Gasteiger partial charge in [0.1, 0.15) is 30.6 Å². The van der Waals surface area contributed by atoms with E-state index in [0.29, 0.717) is 0 Å². The number of anilines is 1. The summed E-state index contributed by atoms with van der Waals surface area (Å²) in [6, 6.07) is 5.11. The summed E-state index contributed by atoms with van der Waals surface area (Å²) >= 11 is 0. The van der Waals surface area contributed by atoms with Crippen LogP contribution in [0.2, 0.25) is 0 Å². The highest BCUT2D eigenvalue weighted by Crippen LogP contribution is 2.12. The van der Waals surface area contributed by atoms with Gasteiger partial charge in [-0.1, -0.05) is 0 Å². The number of amides is 1. The van der Waals surface area contributed by atoms with Crippen LogP contribution in [0.1, 0.15) is 10.4 Å². The summed E-state index contributed by atoms with van der Waals surface area (Å²) in [5.41, 5.74) is 1.15. The second-order valence-corrected chi connectivity index (χ2v) is 5.31. The zero-order valence-corrected chi connectivity index (χ0v) is 13.0. The maximum absolute atomic E-state index is 12.1. The summed E-state index contributed by atoms with van der Waals surface area (Å²) in [7, 11) is 3.70. The molecule has 0 radical (unpaired) electrons. The van der Waals surface area contributed by atoms with Gasteiger partial charge in [0.2, 0.25) is 0 Å². The maximum Gasteiger partial charge on any atom is 0.251 e. The molecule has 0 fully saturated rings. The van der Waals surface area contributed by atoms with Crippen LogP contribution in [0.3, 0.4) is 0 Å². The molecule has 0 aliphatic heterocycles. The summed E-state index contributed by atoms with van der Waals surface area (Å²) < 4.78 is 0. The number of rotatable bonds is 8. The molecule has 0 saturated heterocycles. The van der Waals surface area contributed by atoms with Crippen molar-refractivity contribution in [2.75, 3.05) is 25.6 Å². The fourth-order valence-corrected chi connectivity index (χ4v) is 1.89. The second-order valence-electron chi connectivity index (χ2n) is 5.31. The average Bonchev–Trinajstić information content (AvgIpc) is 2.57. The van der Waals surface area contributed by atoms with E-state index in [1.54, 1.807) is 24.3 Å². The number of hydrogen-bond acceptors (Lipinski definition) is 7. The first kappa shape index (κ1) is 19.0. The summed E-state index contributed by atoms with van der Waals surface area (Å²) in [5.74, 6) is -0.614. The van der Waals surface area contributed by atoms with Gasteiger partial charge in [-0.15, -0.1) is 0 Å². The molecular formula is C15H22N2O6. The van der Waals surface area contributed by atoms with Crippen molar-refractivity contribution in [1.29, 1.82) is 0 Å². The minimum atomic E-state index is -1.77. The van der Waals surface area contributed by atoms with E-state index in [2.05, 4.69) is 5.32 Å². The molecule has 0 spiro atoms. The number of nitrogens with one attached hydrogen (secondary N) is 1.